The van der Waals surface area contributed by atoms with Gasteiger partial charge in [-0.15, -0.1) is 0 Å². The molecule has 0 radical (unpaired) electrons. The zero-order chi connectivity index (χ0) is 74.0. The fourth-order valence-corrected chi connectivity index (χ4v) is 61.4. The molecule has 0 unspecified atom stereocenters. The lowest BCUT2D eigenvalue weighted by Gasteiger charge is -2.63. The smallest absolute Gasteiger partial charge is 0.462 e. The van der Waals surface area contributed by atoms with Crippen molar-refractivity contribution in [1.29, 1.82) is 0 Å². The van der Waals surface area contributed by atoms with Gasteiger partial charge in [-0.1, -0.05) is 52.6 Å². The lowest BCUT2D eigenvalue weighted by atomic mass is 10.3. The minimum atomic E-state index is -4.79. The lowest BCUT2D eigenvalue weighted by Crippen LogP contribution is -2.88. The number of carbonyl (C=O) groups is 8. The number of carbonyl (C=O) groups excluding carboxylic acids is 8. The Bertz CT molecular complexity index is 2370. The molecule has 0 aliphatic carbocycles. The third kappa shape index (κ3) is 26.9. The Labute approximate surface area is 597 Å². The van der Waals surface area contributed by atoms with Crippen molar-refractivity contribution in [2.24, 2.45) is 0 Å². The molecule has 0 aromatic rings. The average Bonchev–Trinajstić information content (AvgIpc) is 0.688. The first kappa shape index (κ1) is 85.6. The molecule has 28 nitrogen and oxygen atoms in total. The molecule has 36 heteroatoms. The highest BCUT2D eigenvalue weighted by Crippen LogP contribution is 2.55. The second kappa shape index (κ2) is 39.7. The molecule has 6 heterocycles. The predicted molar refractivity (Wildman–Crippen MR) is 378 cm³/mol. The summed E-state index contributed by atoms with van der Waals surface area (Å²) in [4.78, 5) is 103. The van der Waals surface area contributed by atoms with Gasteiger partial charge in [0.15, 0.2) is 0 Å². The van der Waals surface area contributed by atoms with Crippen LogP contribution in [-0.4, -0.2) is 171 Å². The summed E-state index contributed by atoms with van der Waals surface area (Å²) in [6.07, 6.45) is 3.44. The first-order valence-electron chi connectivity index (χ1n) is 34.1. The topological polar surface area (TPSA) is 321 Å². The van der Waals surface area contributed by atoms with E-state index in [1.54, 1.807) is 0 Å². The van der Waals surface area contributed by atoms with Gasteiger partial charge in [-0.2, -0.15) is 0 Å². The number of esters is 8. The van der Waals surface area contributed by atoms with E-state index in [2.05, 4.69) is 52.6 Å². The summed E-state index contributed by atoms with van der Waals surface area (Å²) in [6, 6.07) is -0.477. The number of unbranched alkanes of at least 4 members (excludes halogenated alkanes) is 8. The molecule has 0 N–H and O–H groups in total. The molecule has 560 valence electrons. The van der Waals surface area contributed by atoms with Crippen molar-refractivity contribution in [1.82, 2.24) is 0 Å². The van der Waals surface area contributed by atoms with Crippen LogP contribution in [0.1, 0.15) is 158 Å². The van der Waals surface area contributed by atoms with Crippen molar-refractivity contribution in [2.45, 2.75) is 206 Å². The van der Waals surface area contributed by atoms with E-state index in [1.807, 2.05) is 0 Å². The molecule has 8 bridgehead atoms. The largest absolute Gasteiger partial charge is 0.478 e. The number of ether oxygens (including phenoxy) is 8. The van der Waals surface area contributed by atoms with Crippen molar-refractivity contribution in [3.63, 3.8) is 0 Å². The third-order valence-corrected chi connectivity index (χ3v) is 53.0. The van der Waals surface area contributed by atoms with E-state index in [1.165, 1.54) is 55.4 Å². The Kier molecular flexibility index (Phi) is 34.0. The molecular weight excluding hydrogens is 1440 g/mol. The molecule has 0 atom stereocenters. The fraction of sp³-hybridized carbons (Fsp3) is 0.625. The predicted octanol–water partition coefficient (Wildman–Crippen LogP) is 11.0. The van der Waals surface area contributed by atoms with Gasteiger partial charge in [-0.05, 0) is 158 Å². The Balaban J connectivity index is 1.92. The van der Waals surface area contributed by atoms with Gasteiger partial charge in [0, 0.05) is 92.9 Å². The van der Waals surface area contributed by atoms with E-state index >= 15 is 0 Å². The first-order valence-corrected chi connectivity index (χ1v) is 49.6. The fourth-order valence-electron chi connectivity index (χ4n) is 10.4. The van der Waals surface area contributed by atoms with Crippen LogP contribution in [0.2, 0.25) is 48.4 Å². The second-order valence-corrected chi connectivity index (χ2v) is 50.4. The van der Waals surface area contributed by atoms with Crippen LogP contribution in [0, 0.1) is 0 Å². The highest BCUT2D eigenvalue weighted by molar-refractivity contribution is 7.03. The third-order valence-electron chi connectivity index (χ3n) is 15.4. The quantitative estimate of drug-likeness (QED) is 0.0180. The van der Waals surface area contributed by atoms with E-state index in [4.69, 9.17) is 87.3 Å². The zero-order valence-electron chi connectivity index (χ0n) is 59.7. The zero-order valence-corrected chi connectivity index (χ0v) is 67.7. The average molecular weight is 1550 g/mol. The van der Waals surface area contributed by atoms with Crippen LogP contribution in [0.3, 0.4) is 0 Å². The molecule has 0 amide bonds. The number of hydrogen-bond acceptors (Lipinski definition) is 28. The van der Waals surface area contributed by atoms with Crippen LogP contribution in [0.25, 0.3) is 0 Å². The monoisotopic (exact) mass is 1540 g/mol. The van der Waals surface area contributed by atoms with Gasteiger partial charge < -0.3 is 87.3 Å². The van der Waals surface area contributed by atoms with Crippen LogP contribution in [-0.2, 0) is 126 Å². The molecule has 6 fully saturated rings. The maximum absolute atomic E-state index is 12.9. The maximum atomic E-state index is 12.9. The van der Waals surface area contributed by atoms with Gasteiger partial charge in [0.2, 0.25) is 0 Å². The van der Waals surface area contributed by atoms with Crippen LogP contribution in [0.4, 0.5) is 0 Å². The summed E-state index contributed by atoms with van der Waals surface area (Å²) >= 11 is 0. The Morgan fingerprint density at radius 1 is 0.190 bits per heavy atom. The molecule has 0 aromatic carbocycles. The molecule has 0 aromatic heterocycles. The van der Waals surface area contributed by atoms with Crippen molar-refractivity contribution >= 4 is 118 Å². The van der Waals surface area contributed by atoms with E-state index in [0.717, 1.165) is 0 Å². The van der Waals surface area contributed by atoms with Crippen molar-refractivity contribution in [3.05, 3.63) is 97.2 Å². The van der Waals surface area contributed by atoms with Gasteiger partial charge in [0.05, 0.1) is 52.9 Å². The normalized spacial score (nSPS) is 26.2. The molecular formula is C64H104O28Si8. The standard InChI is InChI=1S/C64H104O28Si8/c1-49(2)57(65)73-33-17-25-41-93-81-94(42-26-18-34-74-58(66)50(3)4)84-97(45-29-21-37-77-61(69)53(9)10)86-95(82-93,43-27-19-35-75-59(67)51(5)6)88-99(47-31-23-39-79-63(71)55(13)14)89-96(83-93,44-28-20-36-76-60(68)52(7)8)87-98(85-94,46-30-22-38-78-62(70)54(11)12)91-100(90-97,92-99)48-32-24-40-80-64(72)56(15)16/h1,3,5,7,9,11,13,15,17-48H2,2,4,6,8,10,12,14,16H3. The summed E-state index contributed by atoms with van der Waals surface area (Å²) in [5.41, 5.74) is 1.52. The van der Waals surface area contributed by atoms with Crippen LogP contribution < -0.4 is 0 Å². The van der Waals surface area contributed by atoms with E-state index in [0.29, 0.717) is 0 Å². The van der Waals surface area contributed by atoms with E-state index in [-0.39, 0.29) is 249 Å². The molecule has 100 heavy (non-hydrogen) atoms. The van der Waals surface area contributed by atoms with Gasteiger partial charge in [-0.25, -0.2) is 38.4 Å². The number of rotatable bonds is 48. The molecule has 6 rings (SSSR count). The van der Waals surface area contributed by atoms with Gasteiger partial charge >= 0.3 is 118 Å². The lowest BCUT2D eigenvalue weighted by molar-refractivity contribution is -0.139. The van der Waals surface area contributed by atoms with Crippen LogP contribution >= 0.6 is 0 Å². The maximum Gasteiger partial charge on any atom is 0.478 e. The van der Waals surface area contributed by atoms with Crippen molar-refractivity contribution in [3.8, 4) is 0 Å². The summed E-state index contributed by atoms with van der Waals surface area (Å²) in [5.74, 6) is -4.83. The highest BCUT2D eigenvalue weighted by atomic mass is 28.6. The van der Waals surface area contributed by atoms with Crippen molar-refractivity contribution in [2.75, 3.05) is 52.9 Å². The molecule has 0 spiro atoms. The number of hydrogen-bond donors (Lipinski definition) is 0. The van der Waals surface area contributed by atoms with E-state index < -0.39 is 118 Å². The van der Waals surface area contributed by atoms with Crippen LogP contribution in [0.5, 0.6) is 0 Å². The molecule has 6 saturated heterocycles. The van der Waals surface area contributed by atoms with Crippen molar-refractivity contribution < 1.29 is 126 Å². The van der Waals surface area contributed by atoms with E-state index in [9.17, 15) is 38.4 Å². The second-order valence-electron chi connectivity index (χ2n) is 25.7. The molecule has 6 aliphatic heterocycles. The van der Waals surface area contributed by atoms with Gasteiger partial charge in [-0.3, -0.25) is 0 Å². The summed E-state index contributed by atoms with van der Waals surface area (Å²) in [5, 5.41) is 0. The first-order chi connectivity index (χ1) is 47.1. The SMILES string of the molecule is C=C(C)C(=O)OCCCC[Si]12O[Si]3(CCCCOC(=O)C(=C)C)O[Si]4(CCCCOC(=O)C(=C)C)O[Si](CCCCOC(=O)C(=C)C)(O1)O[Si]1(CCCCOC(=O)C(=C)C)O[Si](CCCCOC(=O)C(=C)C)(O2)O[Si](CCCCOC(=O)C(=C)C)(O3)O[Si](CCCCOC(=O)C(=C)C)(O4)O1. The summed E-state index contributed by atoms with van der Waals surface area (Å²) < 4.78 is 140. The Morgan fingerprint density at radius 2 is 0.280 bits per heavy atom. The van der Waals surface area contributed by atoms with Gasteiger partial charge in [0.1, 0.15) is 0 Å². The Hall–Kier alpha value is -5.06. The summed E-state index contributed by atoms with van der Waals surface area (Å²) in [6.45, 7) is 41.7. The Morgan fingerprint density at radius 3 is 0.360 bits per heavy atom. The molecule has 6 aliphatic rings. The van der Waals surface area contributed by atoms with Crippen LogP contribution in [0.15, 0.2) is 97.2 Å². The van der Waals surface area contributed by atoms with Gasteiger partial charge in [0.25, 0.3) is 0 Å². The molecule has 0 saturated carbocycles. The summed E-state index contributed by atoms with van der Waals surface area (Å²) in [7, 11) is -38.3. The minimum Gasteiger partial charge on any atom is -0.462 e. The highest BCUT2D eigenvalue weighted by Gasteiger charge is 2.83. The minimum absolute atomic E-state index is 0.0583.